The van der Waals surface area contributed by atoms with Crippen molar-refractivity contribution in [2.75, 3.05) is 26.2 Å². The molecule has 1 aliphatic rings. The maximum absolute atomic E-state index is 6.19. The lowest BCUT2D eigenvalue weighted by atomic mass is 10.1. The van der Waals surface area contributed by atoms with Crippen LogP contribution >= 0.6 is 46.9 Å². The van der Waals surface area contributed by atoms with E-state index in [2.05, 4.69) is 38.8 Å². The van der Waals surface area contributed by atoms with Gasteiger partial charge in [0.1, 0.15) is 0 Å². The molecule has 3 N–H and O–H groups in total. The van der Waals surface area contributed by atoms with Crippen molar-refractivity contribution in [1.82, 2.24) is 10.2 Å². The second kappa shape index (κ2) is 11.1. The molecule has 1 saturated heterocycles. The summed E-state index contributed by atoms with van der Waals surface area (Å²) in [4.78, 5) is 8.43. The molecule has 4 nitrogen and oxygen atoms in total. The highest BCUT2D eigenvalue weighted by Gasteiger charge is 2.23. The first-order chi connectivity index (χ1) is 12.2. The second-order valence-corrected chi connectivity index (χ2v) is 7.76. The van der Waals surface area contributed by atoms with Crippen molar-refractivity contribution in [3.8, 4) is 0 Å². The molecule has 142 valence electrons. The van der Waals surface area contributed by atoms with Gasteiger partial charge in [0, 0.05) is 16.4 Å². The number of thiophene rings is 1. The highest BCUT2D eigenvalue weighted by atomic mass is 127. The largest absolute Gasteiger partial charge is 0.370 e. The third-order valence-electron chi connectivity index (χ3n) is 4.51. The van der Waals surface area contributed by atoms with E-state index >= 15 is 0 Å². The Kier molecular flexibility index (Phi) is 9.18. The molecular formula is C19H26ClIN4S. The normalized spacial score (nSPS) is 16.3. The number of hydrogen-bond donors (Lipinski definition) is 2. The minimum atomic E-state index is 0. The summed E-state index contributed by atoms with van der Waals surface area (Å²) < 4.78 is 0. The van der Waals surface area contributed by atoms with Crippen LogP contribution in [-0.2, 0) is 6.42 Å². The molecule has 0 saturated carbocycles. The van der Waals surface area contributed by atoms with E-state index in [1.807, 2.05) is 18.2 Å². The van der Waals surface area contributed by atoms with Gasteiger partial charge < -0.3 is 11.1 Å². The smallest absolute Gasteiger partial charge is 0.188 e. The van der Waals surface area contributed by atoms with Crippen molar-refractivity contribution in [2.45, 2.75) is 25.3 Å². The van der Waals surface area contributed by atoms with Crippen LogP contribution in [0.15, 0.2) is 46.8 Å². The molecule has 0 radical (unpaired) electrons. The van der Waals surface area contributed by atoms with Gasteiger partial charge in [-0.15, -0.1) is 35.3 Å². The third-order valence-corrected chi connectivity index (χ3v) is 5.68. The van der Waals surface area contributed by atoms with Gasteiger partial charge in [0.15, 0.2) is 5.96 Å². The monoisotopic (exact) mass is 504 g/mol. The summed E-state index contributed by atoms with van der Waals surface area (Å²) in [5.41, 5.74) is 7.28. The quantitative estimate of drug-likeness (QED) is 0.336. The summed E-state index contributed by atoms with van der Waals surface area (Å²) in [7, 11) is 0. The van der Waals surface area contributed by atoms with Crippen molar-refractivity contribution in [3.05, 3.63) is 57.2 Å². The number of guanidine groups is 1. The number of hydrogen-bond acceptors (Lipinski definition) is 3. The molecule has 0 bridgehead atoms. The van der Waals surface area contributed by atoms with Crippen molar-refractivity contribution in [3.63, 3.8) is 0 Å². The lowest BCUT2D eigenvalue weighted by Gasteiger charge is -2.26. The molecule has 1 aromatic carbocycles. The zero-order chi connectivity index (χ0) is 17.5. The maximum atomic E-state index is 6.19. The molecule has 2 aromatic rings. The lowest BCUT2D eigenvalue weighted by Crippen LogP contribution is -2.35. The summed E-state index contributed by atoms with van der Waals surface area (Å²) in [5, 5.41) is 6.09. The van der Waals surface area contributed by atoms with E-state index < -0.39 is 0 Å². The topological polar surface area (TPSA) is 53.6 Å². The Balaban J connectivity index is 0.00000243. The molecule has 1 aliphatic heterocycles. The van der Waals surface area contributed by atoms with Gasteiger partial charge in [-0.25, -0.2) is 0 Å². The third kappa shape index (κ3) is 6.40. The second-order valence-electron chi connectivity index (χ2n) is 6.30. The maximum Gasteiger partial charge on any atom is 0.188 e. The molecule has 0 aliphatic carbocycles. The van der Waals surface area contributed by atoms with Crippen LogP contribution in [-0.4, -0.2) is 37.0 Å². The number of aliphatic imine (C=N–C) groups is 1. The summed E-state index contributed by atoms with van der Waals surface area (Å²) in [6, 6.07) is 12.5. The molecule has 1 unspecified atom stereocenters. The van der Waals surface area contributed by atoms with Crippen LogP contribution in [0.2, 0.25) is 5.02 Å². The van der Waals surface area contributed by atoms with E-state index in [4.69, 9.17) is 17.3 Å². The fourth-order valence-electron chi connectivity index (χ4n) is 3.21. The first-order valence-corrected chi connectivity index (χ1v) is 10.0. The SMILES string of the molecule is I.NC(=NCC(c1cccc(Cl)c1)N1CCCC1)NCCc1cccs1. The van der Waals surface area contributed by atoms with Crippen LogP contribution in [0.5, 0.6) is 0 Å². The van der Waals surface area contributed by atoms with Gasteiger partial charge in [-0.2, -0.15) is 0 Å². The van der Waals surface area contributed by atoms with Crippen molar-refractivity contribution in [2.24, 2.45) is 10.7 Å². The first kappa shape index (κ1) is 21.5. The Morgan fingerprint density at radius 1 is 1.27 bits per heavy atom. The predicted octanol–water partition coefficient (Wildman–Crippen LogP) is 4.30. The summed E-state index contributed by atoms with van der Waals surface area (Å²) >= 11 is 7.95. The average Bonchev–Trinajstić information content (AvgIpc) is 3.29. The fourth-order valence-corrected chi connectivity index (χ4v) is 4.12. The highest BCUT2D eigenvalue weighted by molar-refractivity contribution is 14.0. The zero-order valence-corrected chi connectivity index (χ0v) is 18.6. The number of rotatable bonds is 7. The van der Waals surface area contributed by atoms with Gasteiger partial charge in [-0.05, 0) is 61.5 Å². The first-order valence-electron chi connectivity index (χ1n) is 8.78. The van der Waals surface area contributed by atoms with E-state index in [9.17, 15) is 0 Å². The molecular weight excluding hydrogens is 479 g/mol. The van der Waals surface area contributed by atoms with Gasteiger partial charge in [0.2, 0.25) is 0 Å². The summed E-state index contributed by atoms with van der Waals surface area (Å²) in [5.74, 6) is 0.516. The molecule has 1 fully saturated rings. The molecule has 7 heteroatoms. The van der Waals surface area contributed by atoms with Crippen LogP contribution in [0.4, 0.5) is 0 Å². The Hall–Kier alpha value is -0.830. The highest BCUT2D eigenvalue weighted by Crippen LogP contribution is 2.27. The average molecular weight is 505 g/mol. The van der Waals surface area contributed by atoms with Crippen molar-refractivity contribution in [1.29, 1.82) is 0 Å². The minimum Gasteiger partial charge on any atom is -0.370 e. The number of benzene rings is 1. The van der Waals surface area contributed by atoms with Crippen molar-refractivity contribution < 1.29 is 0 Å². The summed E-state index contributed by atoms with van der Waals surface area (Å²) in [6.45, 7) is 3.68. The van der Waals surface area contributed by atoms with E-state index in [1.54, 1.807) is 11.3 Å². The van der Waals surface area contributed by atoms with E-state index in [0.717, 1.165) is 31.1 Å². The van der Waals surface area contributed by atoms with Gasteiger partial charge >= 0.3 is 0 Å². The van der Waals surface area contributed by atoms with Gasteiger partial charge in [-0.1, -0.05) is 29.8 Å². The van der Waals surface area contributed by atoms with Crippen LogP contribution in [0, 0.1) is 0 Å². The molecule has 3 rings (SSSR count). The summed E-state index contributed by atoms with van der Waals surface area (Å²) in [6.07, 6.45) is 3.46. The van der Waals surface area contributed by atoms with Gasteiger partial charge in [-0.3, -0.25) is 9.89 Å². The van der Waals surface area contributed by atoms with Crippen LogP contribution in [0.1, 0.15) is 29.3 Å². The van der Waals surface area contributed by atoms with E-state index in [0.29, 0.717) is 12.5 Å². The minimum absolute atomic E-state index is 0. The van der Waals surface area contributed by atoms with Gasteiger partial charge in [0.25, 0.3) is 0 Å². The molecule has 0 spiro atoms. The molecule has 2 heterocycles. The molecule has 1 aromatic heterocycles. The Morgan fingerprint density at radius 3 is 2.77 bits per heavy atom. The number of nitrogens with zero attached hydrogens (tertiary/aromatic N) is 2. The predicted molar refractivity (Wildman–Crippen MR) is 123 cm³/mol. The van der Waals surface area contributed by atoms with Crippen LogP contribution in [0.3, 0.4) is 0 Å². The number of nitrogens with one attached hydrogen (secondary N) is 1. The fraction of sp³-hybridized carbons (Fsp3) is 0.421. The van der Waals surface area contributed by atoms with Crippen molar-refractivity contribution >= 4 is 52.9 Å². The molecule has 26 heavy (non-hydrogen) atoms. The Morgan fingerprint density at radius 2 is 2.08 bits per heavy atom. The zero-order valence-electron chi connectivity index (χ0n) is 14.7. The van der Waals surface area contributed by atoms with Crippen LogP contribution in [0.25, 0.3) is 0 Å². The van der Waals surface area contributed by atoms with Gasteiger partial charge in [0.05, 0.1) is 12.6 Å². The Bertz CT molecular complexity index is 687. The number of nitrogens with two attached hydrogens (primary N) is 1. The molecule has 1 atom stereocenters. The van der Waals surface area contributed by atoms with E-state index in [1.165, 1.54) is 23.3 Å². The van der Waals surface area contributed by atoms with E-state index in [-0.39, 0.29) is 30.0 Å². The van der Waals surface area contributed by atoms with Crippen LogP contribution < -0.4 is 11.1 Å². The molecule has 0 amide bonds. The Labute approximate surface area is 181 Å². The lowest BCUT2D eigenvalue weighted by molar-refractivity contribution is 0.252. The number of halogens is 2. The standard InChI is InChI=1S/C19H25ClN4S.HI/c20-16-6-3-5-15(13-16)18(24-10-1-2-11-24)14-23-19(21)22-9-8-17-7-4-12-25-17;/h3-7,12-13,18H,1-2,8-11,14H2,(H3,21,22,23);1H. The number of likely N-dealkylation sites (tertiary alicyclic amines) is 1.